The number of hydrogen-bond acceptors (Lipinski definition) is 3. The average Bonchev–Trinajstić information content (AvgIpc) is 2.68. The van der Waals surface area contributed by atoms with Crippen LogP contribution in [0.25, 0.3) is 0 Å². The molecule has 1 aromatic heterocycles. The number of nitrogens with zero attached hydrogens (tertiary/aromatic N) is 1. The molecule has 0 saturated carbocycles. The number of rotatable bonds is 4. The lowest BCUT2D eigenvalue weighted by Crippen LogP contribution is -2.33. The molecule has 1 heterocycles. The van der Waals surface area contributed by atoms with E-state index in [0.717, 1.165) is 4.88 Å². The van der Waals surface area contributed by atoms with Gasteiger partial charge < -0.3 is 5.32 Å². The number of thiophene rings is 1. The fraction of sp³-hybridized carbons (Fsp3) is 0.500. The molecule has 0 amide bonds. The first-order valence-corrected chi connectivity index (χ1v) is 5.56. The molecule has 0 saturated heterocycles. The molecule has 0 fully saturated rings. The highest BCUT2D eigenvalue weighted by Crippen LogP contribution is 2.26. The van der Waals surface area contributed by atoms with Crippen molar-refractivity contribution in [2.24, 2.45) is 5.92 Å². The van der Waals surface area contributed by atoms with Gasteiger partial charge in [0.1, 0.15) is 0 Å². The summed E-state index contributed by atoms with van der Waals surface area (Å²) < 4.78 is 36.8. The lowest BCUT2D eigenvalue weighted by atomic mass is 10.1. The second kappa shape index (κ2) is 5.32. The molecule has 6 heteroatoms. The molecule has 1 aromatic rings. The summed E-state index contributed by atoms with van der Waals surface area (Å²) in [6, 6.07) is 4.77. The van der Waals surface area contributed by atoms with E-state index >= 15 is 0 Å². The molecule has 1 unspecified atom stereocenters. The van der Waals surface area contributed by atoms with Crippen molar-refractivity contribution in [3.05, 3.63) is 22.4 Å². The Hall–Kier alpha value is -1.06. The van der Waals surface area contributed by atoms with Crippen molar-refractivity contribution in [3.8, 4) is 6.07 Å². The molecule has 0 aliphatic heterocycles. The highest BCUT2D eigenvalue weighted by atomic mass is 32.1. The van der Waals surface area contributed by atoms with Crippen LogP contribution in [0.2, 0.25) is 0 Å². The van der Waals surface area contributed by atoms with Gasteiger partial charge in [0, 0.05) is 17.5 Å². The Labute approximate surface area is 95.7 Å². The lowest BCUT2D eigenvalue weighted by Gasteiger charge is -2.17. The van der Waals surface area contributed by atoms with Gasteiger partial charge in [-0.25, -0.2) is 0 Å². The van der Waals surface area contributed by atoms with Crippen LogP contribution in [0.15, 0.2) is 17.5 Å². The summed E-state index contributed by atoms with van der Waals surface area (Å²) in [5.41, 5.74) is 0. The monoisotopic (exact) mass is 248 g/mol. The zero-order valence-corrected chi connectivity index (χ0v) is 9.40. The van der Waals surface area contributed by atoms with Gasteiger partial charge in [0.15, 0.2) is 5.92 Å². The van der Waals surface area contributed by atoms with Crippen molar-refractivity contribution in [2.75, 3.05) is 6.54 Å². The van der Waals surface area contributed by atoms with E-state index in [9.17, 15) is 13.2 Å². The molecule has 0 aliphatic rings. The highest BCUT2D eigenvalue weighted by Gasteiger charge is 2.39. The Morgan fingerprint density at radius 1 is 1.56 bits per heavy atom. The largest absolute Gasteiger partial charge is 0.405 e. The van der Waals surface area contributed by atoms with Gasteiger partial charge in [-0.15, -0.1) is 11.3 Å². The van der Waals surface area contributed by atoms with Crippen LogP contribution in [0.4, 0.5) is 13.2 Å². The first-order valence-electron chi connectivity index (χ1n) is 4.68. The van der Waals surface area contributed by atoms with Gasteiger partial charge >= 0.3 is 6.18 Å². The summed E-state index contributed by atoms with van der Waals surface area (Å²) in [6.45, 7) is 1.40. The Morgan fingerprint density at radius 3 is 2.69 bits per heavy atom. The van der Waals surface area contributed by atoms with E-state index in [4.69, 9.17) is 5.26 Å². The van der Waals surface area contributed by atoms with Crippen molar-refractivity contribution in [1.82, 2.24) is 5.32 Å². The van der Waals surface area contributed by atoms with Gasteiger partial charge in [0.2, 0.25) is 0 Å². The number of nitrogens with one attached hydrogen (secondary N) is 1. The topological polar surface area (TPSA) is 35.8 Å². The summed E-state index contributed by atoms with van der Waals surface area (Å²) in [5, 5.41) is 13.0. The lowest BCUT2D eigenvalue weighted by molar-refractivity contribution is -0.157. The van der Waals surface area contributed by atoms with Crippen molar-refractivity contribution < 1.29 is 13.2 Å². The van der Waals surface area contributed by atoms with E-state index in [1.807, 2.05) is 17.5 Å². The molecular formula is C10H11F3N2S. The van der Waals surface area contributed by atoms with Crippen LogP contribution in [0.3, 0.4) is 0 Å². The third kappa shape index (κ3) is 3.51. The third-order valence-electron chi connectivity index (χ3n) is 2.15. The van der Waals surface area contributed by atoms with Crippen LogP contribution in [0, 0.1) is 17.2 Å². The van der Waals surface area contributed by atoms with Crippen LogP contribution in [0.5, 0.6) is 0 Å². The number of alkyl halides is 3. The molecule has 0 aromatic carbocycles. The van der Waals surface area contributed by atoms with Crippen LogP contribution in [0.1, 0.15) is 17.8 Å². The molecule has 0 aliphatic carbocycles. The van der Waals surface area contributed by atoms with Gasteiger partial charge in [0.05, 0.1) is 6.07 Å². The van der Waals surface area contributed by atoms with Gasteiger partial charge in [-0.3, -0.25) is 0 Å². The second-order valence-electron chi connectivity index (χ2n) is 3.37. The van der Waals surface area contributed by atoms with Crippen LogP contribution >= 0.6 is 11.3 Å². The molecule has 2 nitrogen and oxygen atoms in total. The number of hydrogen-bond donors (Lipinski definition) is 1. The minimum absolute atomic E-state index is 0.168. The highest BCUT2D eigenvalue weighted by molar-refractivity contribution is 7.10. The summed E-state index contributed by atoms with van der Waals surface area (Å²) in [4.78, 5) is 0.957. The van der Waals surface area contributed by atoms with E-state index in [1.54, 1.807) is 6.92 Å². The van der Waals surface area contributed by atoms with E-state index in [0.29, 0.717) is 0 Å². The molecule has 0 spiro atoms. The van der Waals surface area contributed by atoms with Crippen LogP contribution in [-0.2, 0) is 0 Å². The summed E-state index contributed by atoms with van der Waals surface area (Å²) in [7, 11) is 0. The number of nitriles is 1. The molecule has 0 radical (unpaired) electrons. The maximum atomic E-state index is 12.3. The first kappa shape index (κ1) is 13.0. The van der Waals surface area contributed by atoms with Gasteiger partial charge in [-0.05, 0) is 18.4 Å². The molecular weight excluding hydrogens is 237 g/mol. The van der Waals surface area contributed by atoms with Crippen molar-refractivity contribution in [1.29, 1.82) is 5.26 Å². The zero-order valence-electron chi connectivity index (χ0n) is 8.58. The Kier molecular flexibility index (Phi) is 4.33. The zero-order chi connectivity index (χ0) is 12.2. The predicted octanol–water partition coefficient (Wildman–Crippen LogP) is 3.10. The molecule has 1 rings (SSSR count). The third-order valence-corrected chi connectivity index (χ3v) is 3.20. The standard InChI is InChI=1S/C10H11F3N2S/c1-7(9-3-2-4-16-9)15-6-8(5-14)10(11,12)13/h2-4,7-8,15H,6H2,1H3/t7-,8?/m1/s1. The SMILES string of the molecule is C[C@@H](NCC(C#N)C(F)(F)F)c1cccs1. The summed E-state index contributed by atoms with van der Waals surface area (Å²) in [5.74, 6) is -1.95. The minimum atomic E-state index is -4.46. The van der Waals surface area contributed by atoms with Crippen molar-refractivity contribution in [3.63, 3.8) is 0 Å². The maximum Gasteiger partial charge on any atom is 0.405 e. The maximum absolute atomic E-state index is 12.3. The Balaban J connectivity index is 2.48. The van der Waals surface area contributed by atoms with Gasteiger partial charge in [-0.2, -0.15) is 18.4 Å². The molecule has 16 heavy (non-hydrogen) atoms. The first-order chi connectivity index (χ1) is 7.45. The van der Waals surface area contributed by atoms with Gasteiger partial charge in [-0.1, -0.05) is 6.07 Å². The smallest absolute Gasteiger partial charge is 0.308 e. The molecule has 88 valence electrons. The minimum Gasteiger partial charge on any atom is -0.308 e. The molecule has 0 bridgehead atoms. The van der Waals surface area contributed by atoms with E-state index in [-0.39, 0.29) is 12.6 Å². The Morgan fingerprint density at radius 2 is 2.25 bits per heavy atom. The average molecular weight is 248 g/mol. The quantitative estimate of drug-likeness (QED) is 0.888. The van der Waals surface area contributed by atoms with Crippen molar-refractivity contribution in [2.45, 2.75) is 19.1 Å². The van der Waals surface area contributed by atoms with E-state index in [2.05, 4.69) is 5.32 Å². The summed E-state index contributed by atoms with van der Waals surface area (Å²) >= 11 is 1.47. The second-order valence-corrected chi connectivity index (χ2v) is 4.35. The fourth-order valence-electron chi connectivity index (χ4n) is 1.17. The molecule has 2 atom stereocenters. The summed E-state index contributed by atoms with van der Waals surface area (Å²) in [6.07, 6.45) is -4.46. The van der Waals surface area contributed by atoms with Crippen LogP contribution < -0.4 is 5.32 Å². The van der Waals surface area contributed by atoms with E-state index < -0.39 is 12.1 Å². The predicted molar refractivity (Wildman–Crippen MR) is 55.9 cm³/mol. The van der Waals surface area contributed by atoms with Crippen LogP contribution in [-0.4, -0.2) is 12.7 Å². The van der Waals surface area contributed by atoms with E-state index in [1.165, 1.54) is 17.4 Å². The van der Waals surface area contributed by atoms with Crippen molar-refractivity contribution >= 4 is 11.3 Å². The normalized spacial score (nSPS) is 15.4. The van der Waals surface area contributed by atoms with Gasteiger partial charge in [0.25, 0.3) is 0 Å². The molecule has 1 N–H and O–H groups in total. The number of halogens is 3. The fourth-order valence-corrected chi connectivity index (χ4v) is 1.93. The Bertz CT molecular complexity index is 353.